The minimum atomic E-state index is -1.53. The standard InChI is InChI=1S/C36H52N4O3S/c1-24-13-11-16-29(17-24)44(41)40-33-38-30(32-25(2)14-12-15-26(32)3)18-31(39-33)42-23-28(21-34(4,5)6)37-22-27-19-35(7,8)43-36(9,10)20-27/h11-18,27-28,37H,19-23H2,1-10H3,(H,38,39,40). The van der Waals surface area contributed by atoms with E-state index in [9.17, 15) is 4.21 Å². The van der Waals surface area contributed by atoms with E-state index in [0.717, 1.165) is 53.8 Å². The van der Waals surface area contributed by atoms with Crippen LogP contribution in [0.1, 0.15) is 84.4 Å². The second-order valence-corrected chi connectivity index (χ2v) is 16.2. The van der Waals surface area contributed by atoms with Gasteiger partial charge < -0.3 is 14.8 Å². The van der Waals surface area contributed by atoms with Crippen LogP contribution in [-0.4, -0.2) is 44.6 Å². The van der Waals surface area contributed by atoms with E-state index >= 15 is 0 Å². The monoisotopic (exact) mass is 620 g/mol. The molecule has 240 valence electrons. The largest absolute Gasteiger partial charge is 0.476 e. The van der Waals surface area contributed by atoms with E-state index in [1.165, 1.54) is 0 Å². The minimum Gasteiger partial charge on any atom is -0.476 e. The smallest absolute Gasteiger partial charge is 0.238 e. The van der Waals surface area contributed by atoms with Crippen molar-refractivity contribution in [2.24, 2.45) is 11.3 Å². The fourth-order valence-corrected chi connectivity index (χ4v) is 7.52. The average molecular weight is 621 g/mol. The summed E-state index contributed by atoms with van der Waals surface area (Å²) >= 11 is 0. The maximum Gasteiger partial charge on any atom is 0.238 e. The van der Waals surface area contributed by atoms with Crippen LogP contribution in [0.5, 0.6) is 5.88 Å². The molecule has 0 radical (unpaired) electrons. The van der Waals surface area contributed by atoms with Gasteiger partial charge in [0.25, 0.3) is 0 Å². The van der Waals surface area contributed by atoms with Gasteiger partial charge in [0, 0.05) is 17.7 Å². The van der Waals surface area contributed by atoms with Gasteiger partial charge in [-0.05, 0) is 114 Å². The van der Waals surface area contributed by atoms with Crippen molar-refractivity contribution in [3.05, 3.63) is 65.2 Å². The van der Waals surface area contributed by atoms with E-state index in [-0.39, 0.29) is 28.6 Å². The van der Waals surface area contributed by atoms with Crippen molar-refractivity contribution in [2.75, 3.05) is 17.9 Å². The van der Waals surface area contributed by atoms with E-state index < -0.39 is 11.0 Å². The normalized spacial score (nSPS) is 18.0. The van der Waals surface area contributed by atoms with Gasteiger partial charge in [-0.2, -0.15) is 4.98 Å². The summed E-state index contributed by atoms with van der Waals surface area (Å²) in [4.78, 5) is 10.2. The number of ether oxygens (including phenoxy) is 2. The number of nitrogens with one attached hydrogen (secondary N) is 2. The Kier molecular flexibility index (Phi) is 10.6. The van der Waals surface area contributed by atoms with Crippen molar-refractivity contribution in [1.82, 2.24) is 15.3 Å². The van der Waals surface area contributed by atoms with Gasteiger partial charge in [-0.1, -0.05) is 51.1 Å². The lowest BCUT2D eigenvalue weighted by Crippen LogP contribution is -2.49. The molecule has 2 N–H and O–H groups in total. The molecule has 0 spiro atoms. The molecule has 4 rings (SSSR count). The first-order valence-corrected chi connectivity index (χ1v) is 16.9. The summed E-state index contributed by atoms with van der Waals surface area (Å²) in [5.74, 6) is 1.24. The van der Waals surface area contributed by atoms with E-state index in [2.05, 4.69) is 89.5 Å². The molecule has 44 heavy (non-hydrogen) atoms. The Balaban J connectivity index is 1.58. The van der Waals surface area contributed by atoms with Crippen LogP contribution in [0.15, 0.2) is 53.4 Å². The Morgan fingerprint density at radius 3 is 2.23 bits per heavy atom. The van der Waals surface area contributed by atoms with Crippen molar-refractivity contribution in [3.8, 4) is 17.1 Å². The van der Waals surface area contributed by atoms with Crippen molar-refractivity contribution in [2.45, 2.75) is 111 Å². The van der Waals surface area contributed by atoms with E-state index in [0.29, 0.717) is 23.3 Å². The Morgan fingerprint density at radius 1 is 0.977 bits per heavy atom. The van der Waals surface area contributed by atoms with E-state index in [1.807, 2.05) is 43.3 Å². The highest BCUT2D eigenvalue weighted by atomic mass is 32.2. The summed E-state index contributed by atoms with van der Waals surface area (Å²) in [5, 5.41) is 3.84. The number of hydrogen-bond acceptors (Lipinski definition) is 6. The molecule has 0 aliphatic carbocycles. The average Bonchev–Trinajstić information content (AvgIpc) is 2.87. The number of nitrogens with zero attached hydrogens (tertiary/aromatic N) is 2. The summed E-state index contributed by atoms with van der Waals surface area (Å²) < 4.78 is 29.1. The number of anilines is 1. The summed E-state index contributed by atoms with van der Waals surface area (Å²) in [6.45, 7) is 23.0. The highest BCUT2D eigenvalue weighted by molar-refractivity contribution is 7.86. The van der Waals surface area contributed by atoms with Crippen LogP contribution in [0.3, 0.4) is 0 Å². The first-order chi connectivity index (χ1) is 20.5. The molecular formula is C36H52N4O3S. The Labute approximate surface area is 267 Å². The molecular weight excluding hydrogens is 568 g/mol. The van der Waals surface area contributed by atoms with Crippen LogP contribution in [-0.2, 0) is 15.7 Å². The fourth-order valence-electron chi connectivity index (χ4n) is 6.65. The lowest BCUT2D eigenvalue weighted by molar-refractivity contribution is -0.172. The van der Waals surface area contributed by atoms with Gasteiger partial charge in [0.2, 0.25) is 11.8 Å². The Morgan fingerprint density at radius 2 is 1.61 bits per heavy atom. The Hall–Kier alpha value is -2.81. The number of rotatable bonds is 11. The highest BCUT2D eigenvalue weighted by Gasteiger charge is 2.39. The van der Waals surface area contributed by atoms with Crippen molar-refractivity contribution >= 4 is 16.9 Å². The predicted molar refractivity (Wildman–Crippen MR) is 181 cm³/mol. The molecule has 7 nitrogen and oxygen atoms in total. The van der Waals surface area contributed by atoms with E-state index in [4.69, 9.17) is 14.5 Å². The molecule has 1 aromatic heterocycles. The molecule has 8 heteroatoms. The molecule has 1 aliphatic rings. The zero-order valence-electron chi connectivity index (χ0n) is 28.3. The third-order valence-electron chi connectivity index (χ3n) is 7.93. The van der Waals surface area contributed by atoms with Crippen LogP contribution in [0.4, 0.5) is 5.95 Å². The molecule has 1 saturated heterocycles. The topological polar surface area (TPSA) is 85.4 Å². The molecule has 2 unspecified atom stereocenters. The number of aryl methyl sites for hydroxylation is 3. The molecule has 0 bridgehead atoms. The lowest BCUT2D eigenvalue weighted by Gasteiger charge is -2.45. The predicted octanol–water partition coefficient (Wildman–Crippen LogP) is 7.96. The third-order valence-corrected chi connectivity index (χ3v) is 8.98. The van der Waals surface area contributed by atoms with Gasteiger partial charge in [0.1, 0.15) is 6.61 Å². The van der Waals surface area contributed by atoms with Gasteiger partial charge in [-0.25, -0.2) is 9.19 Å². The zero-order chi connectivity index (χ0) is 32.3. The third kappa shape index (κ3) is 9.85. The maximum atomic E-state index is 13.3. The van der Waals surface area contributed by atoms with Crippen LogP contribution in [0, 0.1) is 32.1 Å². The van der Waals surface area contributed by atoms with Gasteiger partial charge in [0.05, 0.1) is 21.8 Å². The lowest BCUT2D eigenvalue weighted by atomic mass is 9.80. The summed E-state index contributed by atoms with van der Waals surface area (Å²) in [5.41, 5.74) is 4.84. The second kappa shape index (κ2) is 13.7. The van der Waals surface area contributed by atoms with Crippen molar-refractivity contribution in [1.29, 1.82) is 0 Å². The van der Waals surface area contributed by atoms with Gasteiger partial charge in [-0.3, -0.25) is 4.72 Å². The maximum absolute atomic E-state index is 13.3. The molecule has 0 amide bonds. The van der Waals surface area contributed by atoms with Gasteiger partial charge in [0.15, 0.2) is 11.0 Å². The van der Waals surface area contributed by atoms with Gasteiger partial charge >= 0.3 is 0 Å². The SMILES string of the molecule is Cc1cccc(S(=O)Nc2nc(OCC(CC(C)(C)C)NCC3CC(C)(C)OC(C)(C)C3)cc(-c3c(C)cccc3C)n2)c1. The first-order valence-electron chi connectivity index (χ1n) is 15.8. The van der Waals surface area contributed by atoms with Crippen LogP contribution >= 0.6 is 0 Å². The molecule has 0 saturated carbocycles. The summed E-state index contributed by atoms with van der Waals surface area (Å²) in [7, 11) is -1.53. The first kappa shape index (κ1) is 34.1. The quantitative estimate of drug-likeness (QED) is 0.226. The van der Waals surface area contributed by atoms with E-state index in [1.54, 1.807) is 0 Å². The summed E-state index contributed by atoms with van der Waals surface area (Å²) in [6.07, 6.45) is 2.98. The minimum absolute atomic E-state index is 0.113. The molecule has 2 heterocycles. The fraction of sp³-hybridized carbons (Fsp3) is 0.556. The molecule has 2 aromatic carbocycles. The van der Waals surface area contributed by atoms with Crippen molar-refractivity contribution < 1.29 is 13.7 Å². The van der Waals surface area contributed by atoms with Crippen molar-refractivity contribution in [3.63, 3.8) is 0 Å². The van der Waals surface area contributed by atoms with Crippen LogP contribution in [0.2, 0.25) is 0 Å². The van der Waals surface area contributed by atoms with Gasteiger partial charge in [-0.15, -0.1) is 0 Å². The highest BCUT2D eigenvalue weighted by Crippen LogP contribution is 2.38. The Bertz CT molecular complexity index is 1430. The molecule has 1 fully saturated rings. The molecule has 2 atom stereocenters. The zero-order valence-corrected chi connectivity index (χ0v) is 29.2. The molecule has 1 aliphatic heterocycles. The summed E-state index contributed by atoms with van der Waals surface area (Å²) in [6, 6.07) is 15.8. The molecule has 3 aromatic rings. The number of aromatic nitrogens is 2. The number of hydrogen-bond donors (Lipinski definition) is 2. The van der Waals surface area contributed by atoms with Crippen LogP contribution in [0.25, 0.3) is 11.3 Å². The second-order valence-electron chi connectivity index (χ2n) is 14.9. The van der Waals surface area contributed by atoms with Crippen LogP contribution < -0.4 is 14.8 Å². The number of benzene rings is 2.